The lowest BCUT2D eigenvalue weighted by atomic mass is 9.72. The maximum atomic E-state index is 13.7. The molecule has 0 radical (unpaired) electrons. The summed E-state index contributed by atoms with van der Waals surface area (Å²) < 4.78 is 5.09. The molecule has 1 aromatic heterocycles. The number of amides is 1. The van der Waals surface area contributed by atoms with Gasteiger partial charge in [-0.05, 0) is 61.9 Å². The quantitative estimate of drug-likeness (QED) is 0.426. The van der Waals surface area contributed by atoms with E-state index in [1.165, 1.54) is 12.7 Å². The Morgan fingerprint density at radius 1 is 1.13 bits per heavy atom. The van der Waals surface area contributed by atoms with Gasteiger partial charge in [0.2, 0.25) is 5.91 Å². The zero-order valence-electron chi connectivity index (χ0n) is 22.8. The maximum Gasteiger partial charge on any atom is 0.323 e. The molecule has 1 fully saturated rings. The highest BCUT2D eigenvalue weighted by atomic mass is 16.5. The first-order valence-corrected chi connectivity index (χ1v) is 13.3. The SMILES string of the molecule is COC(=O)C1CCC(NC(=O)C2(C)C=C/C(=N\N(C)C)C(Cc3ccncc3)C2)CN1Cc1ccccc1. The van der Waals surface area contributed by atoms with Gasteiger partial charge in [0.25, 0.3) is 0 Å². The summed E-state index contributed by atoms with van der Waals surface area (Å²) in [5.74, 6) is -0.108. The van der Waals surface area contributed by atoms with E-state index in [2.05, 4.69) is 27.3 Å². The molecule has 1 aliphatic carbocycles. The highest BCUT2D eigenvalue weighted by Crippen LogP contribution is 2.36. The molecule has 4 rings (SSSR count). The van der Waals surface area contributed by atoms with Crippen LogP contribution in [0.3, 0.4) is 0 Å². The largest absolute Gasteiger partial charge is 0.468 e. The number of methoxy groups -OCH3 is 1. The molecule has 8 nitrogen and oxygen atoms in total. The average molecular weight is 518 g/mol. The number of hydrogen-bond acceptors (Lipinski definition) is 7. The number of nitrogens with zero attached hydrogens (tertiary/aromatic N) is 4. The van der Waals surface area contributed by atoms with Crippen LogP contribution in [0, 0.1) is 11.3 Å². The van der Waals surface area contributed by atoms with E-state index in [1.54, 1.807) is 12.4 Å². The number of benzene rings is 1. The van der Waals surface area contributed by atoms with Gasteiger partial charge in [-0.1, -0.05) is 36.4 Å². The number of likely N-dealkylation sites (tertiary alicyclic amines) is 1. The first-order chi connectivity index (χ1) is 18.3. The van der Waals surface area contributed by atoms with E-state index >= 15 is 0 Å². The summed E-state index contributed by atoms with van der Waals surface area (Å²) in [6.07, 6.45) is 10.4. The Hall–Kier alpha value is -3.52. The Balaban J connectivity index is 1.48. The van der Waals surface area contributed by atoms with Crippen LogP contribution in [-0.4, -0.2) is 72.3 Å². The number of aromatic nitrogens is 1. The molecule has 1 aliphatic heterocycles. The summed E-state index contributed by atoms with van der Waals surface area (Å²) in [7, 11) is 5.26. The topological polar surface area (TPSA) is 87.1 Å². The van der Waals surface area contributed by atoms with Crippen LogP contribution < -0.4 is 5.32 Å². The molecule has 4 atom stereocenters. The second-order valence-electron chi connectivity index (χ2n) is 10.8. The number of hydrogen-bond donors (Lipinski definition) is 1. The van der Waals surface area contributed by atoms with Gasteiger partial charge >= 0.3 is 5.97 Å². The molecule has 1 aromatic carbocycles. The van der Waals surface area contributed by atoms with Crippen molar-refractivity contribution >= 4 is 17.6 Å². The van der Waals surface area contributed by atoms with Crippen LogP contribution >= 0.6 is 0 Å². The van der Waals surface area contributed by atoms with E-state index in [9.17, 15) is 9.59 Å². The molecule has 8 heteroatoms. The molecule has 1 saturated heterocycles. The number of esters is 1. The third-order valence-corrected chi connectivity index (χ3v) is 7.50. The Bertz CT molecular complexity index is 1150. The van der Waals surface area contributed by atoms with Gasteiger partial charge in [0.15, 0.2) is 0 Å². The van der Waals surface area contributed by atoms with Crippen LogP contribution in [0.2, 0.25) is 0 Å². The van der Waals surface area contributed by atoms with Crippen molar-refractivity contribution in [1.29, 1.82) is 0 Å². The molecule has 0 saturated carbocycles. The lowest BCUT2D eigenvalue weighted by Gasteiger charge is -2.40. The normalized spacial score (nSPS) is 26.6. The fourth-order valence-corrected chi connectivity index (χ4v) is 5.49. The van der Waals surface area contributed by atoms with Crippen molar-refractivity contribution in [3.05, 3.63) is 78.1 Å². The number of allylic oxidation sites excluding steroid dienone is 1. The van der Waals surface area contributed by atoms with Gasteiger partial charge in [0.05, 0.1) is 18.2 Å². The standard InChI is InChI=1S/C30H39N5O3/c1-30(15-12-26(33-34(2)3)24(19-30)18-22-13-16-31-17-14-22)29(37)32-25-10-11-27(28(36)38-4)35(21-25)20-23-8-6-5-7-9-23/h5-9,12-17,24-25,27H,10-11,18-21H2,1-4H3,(H,32,37)/b33-26+. The number of carbonyl (C=O) groups is 2. The Morgan fingerprint density at radius 3 is 2.55 bits per heavy atom. The van der Waals surface area contributed by atoms with E-state index < -0.39 is 5.41 Å². The maximum absolute atomic E-state index is 13.7. The Kier molecular flexibility index (Phi) is 8.94. The van der Waals surface area contributed by atoms with Crippen LogP contribution in [0.15, 0.2) is 72.1 Å². The fourth-order valence-electron chi connectivity index (χ4n) is 5.49. The summed E-state index contributed by atoms with van der Waals surface area (Å²) in [5.41, 5.74) is 2.62. The molecule has 202 valence electrons. The van der Waals surface area contributed by atoms with Crippen LogP contribution in [-0.2, 0) is 27.3 Å². The molecule has 0 spiro atoms. The summed E-state index contributed by atoms with van der Waals surface area (Å²) in [6.45, 7) is 3.23. The number of nitrogens with one attached hydrogen (secondary N) is 1. The van der Waals surface area contributed by atoms with E-state index in [0.29, 0.717) is 25.9 Å². The molecule has 0 bridgehead atoms. The number of rotatable bonds is 8. The predicted octanol–water partition coefficient (Wildman–Crippen LogP) is 3.45. The second kappa shape index (κ2) is 12.3. The third-order valence-electron chi connectivity index (χ3n) is 7.50. The van der Waals surface area contributed by atoms with Gasteiger partial charge in [-0.2, -0.15) is 5.10 Å². The first-order valence-electron chi connectivity index (χ1n) is 13.3. The zero-order chi connectivity index (χ0) is 27.1. The van der Waals surface area contributed by atoms with Crippen molar-refractivity contribution in [2.45, 2.75) is 51.2 Å². The third kappa shape index (κ3) is 6.86. The summed E-state index contributed by atoms with van der Waals surface area (Å²) in [6, 6.07) is 13.8. The first kappa shape index (κ1) is 27.5. The number of carbonyl (C=O) groups excluding carboxylic acids is 2. The Labute approximate surface area is 225 Å². The molecule has 2 heterocycles. The van der Waals surface area contributed by atoms with Gasteiger partial charge < -0.3 is 15.1 Å². The van der Waals surface area contributed by atoms with Crippen LogP contribution in [0.1, 0.15) is 37.3 Å². The van der Waals surface area contributed by atoms with E-state index in [4.69, 9.17) is 9.84 Å². The summed E-state index contributed by atoms with van der Waals surface area (Å²) in [4.78, 5) is 32.5. The monoisotopic (exact) mass is 517 g/mol. The van der Waals surface area contributed by atoms with Crippen molar-refractivity contribution in [2.75, 3.05) is 27.7 Å². The zero-order valence-corrected chi connectivity index (χ0v) is 22.8. The van der Waals surface area contributed by atoms with Crippen molar-refractivity contribution in [3.63, 3.8) is 0 Å². The number of piperidine rings is 1. The molecular weight excluding hydrogens is 478 g/mol. The van der Waals surface area contributed by atoms with Gasteiger partial charge in [0, 0.05) is 51.5 Å². The smallest absolute Gasteiger partial charge is 0.323 e. The summed E-state index contributed by atoms with van der Waals surface area (Å²) >= 11 is 0. The van der Waals surface area contributed by atoms with Gasteiger partial charge in [-0.15, -0.1) is 0 Å². The molecule has 4 unspecified atom stereocenters. The highest BCUT2D eigenvalue weighted by molar-refractivity contribution is 6.00. The van der Waals surface area contributed by atoms with Crippen molar-refractivity contribution < 1.29 is 14.3 Å². The van der Waals surface area contributed by atoms with Crippen molar-refractivity contribution in [3.8, 4) is 0 Å². The fraction of sp³-hybridized carbons (Fsp3) is 0.467. The van der Waals surface area contributed by atoms with Gasteiger partial charge in [0.1, 0.15) is 6.04 Å². The van der Waals surface area contributed by atoms with E-state index in [1.807, 2.05) is 68.5 Å². The van der Waals surface area contributed by atoms with Gasteiger partial charge in [-0.25, -0.2) is 0 Å². The van der Waals surface area contributed by atoms with Crippen LogP contribution in [0.25, 0.3) is 0 Å². The molecule has 38 heavy (non-hydrogen) atoms. The van der Waals surface area contributed by atoms with Crippen molar-refractivity contribution in [1.82, 2.24) is 20.2 Å². The van der Waals surface area contributed by atoms with Crippen molar-refractivity contribution in [2.24, 2.45) is 16.4 Å². The lowest BCUT2D eigenvalue weighted by molar-refractivity contribution is -0.149. The van der Waals surface area contributed by atoms with Crippen LogP contribution in [0.4, 0.5) is 0 Å². The minimum atomic E-state index is -0.660. The Morgan fingerprint density at radius 2 is 1.87 bits per heavy atom. The number of hydrazone groups is 1. The highest BCUT2D eigenvalue weighted by Gasteiger charge is 2.40. The summed E-state index contributed by atoms with van der Waals surface area (Å²) in [5, 5.41) is 9.83. The number of ether oxygens (including phenoxy) is 1. The predicted molar refractivity (Wildman–Crippen MR) is 148 cm³/mol. The molecule has 2 aromatic rings. The second-order valence-corrected chi connectivity index (χ2v) is 10.8. The minimum absolute atomic E-state index is 0.0126. The van der Waals surface area contributed by atoms with E-state index in [-0.39, 0.29) is 29.9 Å². The minimum Gasteiger partial charge on any atom is -0.468 e. The molecule has 1 N–H and O–H groups in total. The average Bonchev–Trinajstić information content (AvgIpc) is 2.91. The molecular formula is C30H39N5O3. The van der Waals surface area contributed by atoms with Crippen LogP contribution in [0.5, 0.6) is 0 Å². The lowest BCUT2D eigenvalue weighted by Crippen LogP contribution is -2.56. The molecule has 1 amide bonds. The number of pyridine rings is 1. The van der Waals surface area contributed by atoms with Gasteiger partial charge in [-0.3, -0.25) is 19.5 Å². The van der Waals surface area contributed by atoms with E-state index in [0.717, 1.165) is 24.1 Å². The molecule has 2 aliphatic rings.